The molecule has 7 heteroatoms. The lowest BCUT2D eigenvalue weighted by molar-refractivity contribution is -0.0413. The maximum atomic E-state index is 11.1. The largest absolute Gasteiger partial charge is 0.341 e. The van der Waals surface area contributed by atoms with Crippen molar-refractivity contribution in [2.45, 2.75) is 5.72 Å². The average Bonchev–Trinajstić information content (AvgIpc) is 2.27. The summed E-state index contributed by atoms with van der Waals surface area (Å²) >= 11 is 0. The Morgan fingerprint density at radius 3 is 2.59 bits per heavy atom. The van der Waals surface area contributed by atoms with Gasteiger partial charge in [0.15, 0.2) is 0 Å². The lowest BCUT2D eigenvalue weighted by Crippen LogP contribution is -2.55. The fourth-order valence-electron chi connectivity index (χ4n) is 1.74. The first-order chi connectivity index (χ1) is 7.94. The second-order valence-corrected chi connectivity index (χ2v) is 5.11. The van der Waals surface area contributed by atoms with Crippen molar-refractivity contribution >= 4 is 15.8 Å². The molecule has 17 heavy (non-hydrogen) atoms. The molecule has 0 spiro atoms. The zero-order valence-electron chi connectivity index (χ0n) is 9.25. The van der Waals surface area contributed by atoms with E-state index in [1.54, 1.807) is 24.3 Å². The predicted molar refractivity (Wildman–Crippen MR) is 59.1 cm³/mol. The summed E-state index contributed by atoms with van der Waals surface area (Å²) in [7, 11) is -2.41. The van der Waals surface area contributed by atoms with Gasteiger partial charge in [0.2, 0.25) is 0 Å². The normalized spacial score (nSPS) is 22.5. The minimum Gasteiger partial charge on any atom is -0.341 e. The number of hydroxylamine groups is 1. The van der Waals surface area contributed by atoms with Gasteiger partial charge in [-0.1, -0.05) is 18.2 Å². The van der Waals surface area contributed by atoms with Crippen LogP contribution in [0.1, 0.15) is 5.56 Å². The topological polar surface area (TPSA) is 79.6 Å². The van der Waals surface area contributed by atoms with E-state index in [-0.39, 0.29) is 0 Å². The maximum Gasteiger partial charge on any atom is 0.285 e. The summed E-state index contributed by atoms with van der Waals surface area (Å²) in [6.07, 6.45) is 0.908. The van der Waals surface area contributed by atoms with Gasteiger partial charge in [0, 0.05) is 12.7 Å². The summed E-state index contributed by atoms with van der Waals surface area (Å²) in [4.78, 5) is 0. The molecule has 0 N–H and O–H groups in total. The number of anilines is 1. The highest BCUT2D eigenvalue weighted by Crippen LogP contribution is 2.48. The van der Waals surface area contributed by atoms with Crippen molar-refractivity contribution in [1.29, 1.82) is 5.26 Å². The van der Waals surface area contributed by atoms with Crippen LogP contribution >= 0.6 is 0 Å². The molecule has 0 saturated carbocycles. The monoisotopic (exact) mass is 254 g/mol. The molecule has 0 fully saturated rings. The highest BCUT2D eigenvalue weighted by Gasteiger charge is 2.54. The van der Waals surface area contributed by atoms with Gasteiger partial charge in [-0.25, -0.2) is 0 Å². The van der Waals surface area contributed by atoms with E-state index in [0.717, 1.165) is 11.3 Å². The molecular weight excluding hydrogens is 244 g/mol. The SMILES string of the molecule is COC1(C#N)c2ccccc2N1OS(C)(=O)=O. The van der Waals surface area contributed by atoms with Crippen molar-refractivity contribution in [1.82, 2.24) is 0 Å². The summed E-state index contributed by atoms with van der Waals surface area (Å²) in [5.74, 6) is 0. The van der Waals surface area contributed by atoms with Crippen molar-refractivity contribution in [3.8, 4) is 6.07 Å². The van der Waals surface area contributed by atoms with Crippen molar-refractivity contribution in [2.24, 2.45) is 0 Å². The van der Waals surface area contributed by atoms with Gasteiger partial charge in [-0.05, 0) is 6.07 Å². The molecule has 1 atom stereocenters. The van der Waals surface area contributed by atoms with E-state index < -0.39 is 15.8 Å². The Morgan fingerprint density at radius 2 is 2.06 bits per heavy atom. The Kier molecular flexibility index (Phi) is 2.58. The van der Waals surface area contributed by atoms with Gasteiger partial charge in [0.05, 0.1) is 11.9 Å². The number of hydrogen-bond donors (Lipinski definition) is 0. The lowest BCUT2D eigenvalue weighted by Gasteiger charge is -2.46. The van der Waals surface area contributed by atoms with Gasteiger partial charge in [-0.3, -0.25) is 0 Å². The Balaban J connectivity index is 2.50. The molecule has 0 aliphatic carbocycles. The first-order valence-electron chi connectivity index (χ1n) is 4.70. The first-order valence-corrected chi connectivity index (χ1v) is 6.52. The van der Waals surface area contributed by atoms with Crippen molar-refractivity contribution in [3.05, 3.63) is 29.8 Å². The third-order valence-corrected chi connectivity index (χ3v) is 2.85. The van der Waals surface area contributed by atoms with E-state index in [0.29, 0.717) is 11.3 Å². The summed E-state index contributed by atoms with van der Waals surface area (Å²) in [5, 5.41) is 10.1. The molecule has 1 heterocycles. The van der Waals surface area contributed by atoms with Crippen molar-refractivity contribution < 1.29 is 17.4 Å². The fraction of sp³-hybridized carbons (Fsp3) is 0.300. The summed E-state index contributed by atoms with van der Waals surface area (Å²) in [6.45, 7) is 0. The Labute approximate surface area is 99.1 Å². The molecular formula is C10H10N2O4S. The molecule has 1 aliphatic heterocycles. The van der Waals surface area contributed by atoms with Gasteiger partial charge in [-0.2, -0.15) is 18.7 Å². The molecule has 0 bridgehead atoms. The van der Waals surface area contributed by atoms with Crippen LogP contribution in [0.5, 0.6) is 0 Å². The molecule has 1 aliphatic rings. The van der Waals surface area contributed by atoms with Crippen LogP contribution in [0.2, 0.25) is 0 Å². The number of hydrogen-bond acceptors (Lipinski definition) is 6. The third kappa shape index (κ3) is 1.67. The fourth-order valence-corrected chi connectivity index (χ4v) is 2.19. The number of nitriles is 1. The molecule has 0 saturated heterocycles. The van der Waals surface area contributed by atoms with E-state index in [1.165, 1.54) is 7.11 Å². The quantitative estimate of drug-likeness (QED) is 0.790. The molecule has 0 radical (unpaired) electrons. The number of methoxy groups -OCH3 is 1. The van der Waals surface area contributed by atoms with E-state index in [2.05, 4.69) is 0 Å². The predicted octanol–water partition coefficient (Wildman–Crippen LogP) is 0.721. The van der Waals surface area contributed by atoms with Crippen LogP contribution in [0.15, 0.2) is 24.3 Å². The number of rotatable bonds is 3. The summed E-state index contributed by atoms with van der Waals surface area (Å²) < 4.78 is 32.1. The number of ether oxygens (including phenoxy) is 1. The first kappa shape index (κ1) is 11.9. The van der Waals surface area contributed by atoms with Crippen LogP contribution in [0.25, 0.3) is 0 Å². The van der Waals surface area contributed by atoms with E-state index in [9.17, 15) is 8.42 Å². The van der Waals surface area contributed by atoms with Crippen LogP contribution in [-0.4, -0.2) is 21.8 Å². The molecule has 2 rings (SSSR count). The van der Waals surface area contributed by atoms with Gasteiger partial charge >= 0.3 is 0 Å². The minimum absolute atomic E-state index is 0.501. The van der Waals surface area contributed by atoms with Crippen LogP contribution in [0.3, 0.4) is 0 Å². The number of nitrogens with zero attached hydrogens (tertiary/aromatic N) is 2. The molecule has 1 unspecified atom stereocenters. The Bertz CT molecular complexity index is 593. The molecule has 1 aromatic rings. The van der Waals surface area contributed by atoms with E-state index in [4.69, 9.17) is 14.3 Å². The number of benzene rings is 1. The van der Waals surface area contributed by atoms with E-state index >= 15 is 0 Å². The highest BCUT2D eigenvalue weighted by molar-refractivity contribution is 7.86. The highest BCUT2D eigenvalue weighted by atomic mass is 32.2. The molecule has 0 aromatic heterocycles. The van der Waals surface area contributed by atoms with Crippen molar-refractivity contribution in [2.75, 3.05) is 18.4 Å². The zero-order chi connectivity index (χ0) is 12.7. The van der Waals surface area contributed by atoms with Gasteiger partial charge in [0.25, 0.3) is 15.8 Å². The summed E-state index contributed by atoms with van der Waals surface area (Å²) in [6, 6.07) is 8.69. The maximum absolute atomic E-state index is 11.1. The Morgan fingerprint density at radius 1 is 1.41 bits per heavy atom. The standard InChI is InChI=1S/C10H10N2O4S/c1-15-10(7-11)8-5-3-4-6-9(8)12(10)16-17(2,13)14/h3-6H,1-2H3. The molecule has 6 nitrogen and oxygen atoms in total. The van der Waals surface area contributed by atoms with Crippen LogP contribution < -0.4 is 5.06 Å². The molecule has 1 aromatic carbocycles. The number of fused-ring (bicyclic) bond motifs is 1. The van der Waals surface area contributed by atoms with E-state index in [1.807, 2.05) is 6.07 Å². The number of para-hydroxylation sites is 1. The molecule has 90 valence electrons. The average molecular weight is 254 g/mol. The summed E-state index contributed by atoms with van der Waals surface area (Å²) in [5.41, 5.74) is -0.422. The van der Waals surface area contributed by atoms with Crippen LogP contribution in [-0.2, 0) is 24.9 Å². The smallest absolute Gasteiger partial charge is 0.285 e. The zero-order valence-corrected chi connectivity index (χ0v) is 10.1. The van der Waals surface area contributed by atoms with Gasteiger partial charge in [0.1, 0.15) is 6.07 Å². The third-order valence-electron chi connectivity index (χ3n) is 2.43. The van der Waals surface area contributed by atoms with Crippen molar-refractivity contribution in [3.63, 3.8) is 0 Å². The van der Waals surface area contributed by atoms with Gasteiger partial charge in [-0.15, -0.1) is 4.28 Å². The van der Waals surface area contributed by atoms with Gasteiger partial charge < -0.3 is 4.74 Å². The van der Waals surface area contributed by atoms with Crippen LogP contribution in [0.4, 0.5) is 5.69 Å². The lowest BCUT2D eigenvalue weighted by atomic mass is 9.92. The second kappa shape index (κ2) is 3.70. The molecule has 0 amide bonds. The van der Waals surface area contributed by atoms with Crippen LogP contribution in [0, 0.1) is 11.3 Å². The minimum atomic E-state index is -3.72. The Hall–Kier alpha value is -1.62. The second-order valence-electron chi connectivity index (χ2n) is 3.55.